The minimum Gasteiger partial charge on any atom is -0.356 e. The fraction of sp³-hybridized carbons (Fsp3) is 0.909. The molecule has 1 N–H and O–H groups in total. The quantitative estimate of drug-likeness (QED) is 0.512. The molecule has 1 amide bonds. The maximum absolute atomic E-state index is 11.3. The van der Waals surface area contributed by atoms with Crippen LogP contribution in [0.1, 0.15) is 27.2 Å². The molecule has 0 aliphatic carbocycles. The summed E-state index contributed by atoms with van der Waals surface area (Å²) in [4.78, 5) is 13.7. The first kappa shape index (κ1) is 14.7. The molecule has 0 saturated heterocycles. The standard InChI is InChI=1S/C11H23ClN2O/c1-4-14(5-2)8-6-7-13-11(15)10(3)9-12/h10H,4-9H2,1-3H3,(H,13,15). The second-order valence-corrected chi connectivity index (χ2v) is 4.04. The molecular weight excluding hydrogens is 212 g/mol. The van der Waals surface area contributed by atoms with Crippen molar-refractivity contribution >= 4 is 17.5 Å². The van der Waals surface area contributed by atoms with Crippen LogP contribution in [0, 0.1) is 5.92 Å². The maximum atomic E-state index is 11.3. The van der Waals surface area contributed by atoms with E-state index in [1.165, 1.54) is 0 Å². The Kier molecular flexibility index (Phi) is 8.82. The van der Waals surface area contributed by atoms with Crippen LogP contribution in [0.3, 0.4) is 0 Å². The minimum atomic E-state index is -0.0832. The molecule has 0 aromatic heterocycles. The highest BCUT2D eigenvalue weighted by atomic mass is 35.5. The summed E-state index contributed by atoms with van der Waals surface area (Å²) >= 11 is 5.59. The van der Waals surface area contributed by atoms with Crippen LogP contribution in [0.2, 0.25) is 0 Å². The Morgan fingerprint density at radius 2 is 2.00 bits per heavy atom. The number of halogens is 1. The fourth-order valence-electron chi connectivity index (χ4n) is 1.30. The van der Waals surface area contributed by atoms with Crippen molar-refractivity contribution in [2.24, 2.45) is 5.92 Å². The van der Waals surface area contributed by atoms with Crippen molar-refractivity contribution in [3.05, 3.63) is 0 Å². The average molecular weight is 235 g/mol. The highest BCUT2D eigenvalue weighted by molar-refractivity contribution is 6.19. The van der Waals surface area contributed by atoms with Gasteiger partial charge in [0.15, 0.2) is 0 Å². The third-order valence-electron chi connectivity index (χ3n) is 2.52. The van der Waals surface area contributed by atoms with Crippen molar-refractivity contribution < 1.29 is 4.79 Å². The van der Waals surface area contributed by atoms with E-state index in [2.05, 4.69) is 24.1 Å². The van der Waals surface area contributed by atoms with Crippen molar-refractivity contribution in [1.82, 2.24) is 10.2 Å². The first-order valence-electron chi connectivity index (χ1n) is 5.71. The average Bonchev–Trinajstić information content (AvgIpc) is 2.27. The van der Waals surface area contributed by atoms with E-state index < -0.39 is 0 Å². The molecule has 0 fully saturated rings. The van der Waals surface area contributed by atoms with Gasteiger partial charge in [-0.2, -0.15) is 0 Å². The van der Waals surface area contributed by atoms with Crippen LogP contribution in [0.5, 0.6) is 0 Å². The van der Waals surface area contributed by atoms with Gasteiger partial charge < -0.3 is 10.2 Å². The second-order valence-electron chi connectivity index (χ2n) is 3.73. The van der Waals surface area contributed by atoms with Gasteiger partial charge in [-0.25, -0.2) is 0 Å². The Balaban J connectivity index is 3.49. The number of amides is 1. The molecule has 90 valence electrons. The number of hydrogen-bond acceptors (Lipinski definition) is 2. The highest BCUT2D eigenvalue weighted by Gasteiger charge is 2.09. The number of nitrogens with zero attached hydrogens (tertiary/aromatic N) is 1. The summed E-state index contributed by atoms with van der Waals surface area (Å²) in [5, 5.41) is 2.89. The number of carbonyl (C=O) groups excluding carboxylic acids is 1. The van der Waals surface area contributed by atoms with Gasteiger partial charge in [-0.1, -0.05) is 20.8 Å². The predicted octanol–water partition coefficient (Wildman–Crippen LogP) is 1.71. The molecule has 4 heteroatoms. The smallest absolute Gasteiger partial charge is 0.224 e. The van der Waals surface area contributed by atoms with Crippen LogP contribution in [-0.2, 0) is 4.79 Å². The molecule has 0 heterocycles. The molecule has 0 aliphatic rings. The van der Waals surface area contributed by atoms with Gasteiger partial charge in [0.05, 0.1) is 0 Å². The normalized spacial score (nSPS) is 12.9. The third-order valence-corrected chi connectivity index (χ3v) is 2.99. The highest BCUT2D eigenvalue weighted by Crippen LogP contribution is 1.97. The molecule has 15 heavy (non-hydrogen) atoms. The second kappa shape index (κ2) is 8.98. The number of hydrogen-bond donors (Lipinski definition) is 1. The summed E-state index contributed by atoms with van der Waals surface area (Å²) in [5.41, 5.74) is 0. The van der Waals surface area contributed by atoms with Gasteiger partial charge in [0, 0.05) is 18.3 Å². The molecule has 1 atom stereocenters. The lowest BCUT2D eigenvalue weighted by molar-refractivity contribution is -0.123. The Morgan fingerprint density at radius 3 is 2.47 bits per heavy atom. The lowest BCUT2D eigenvalue weighted by Gasteiger charge is -2.18. The molecule has 0 aromatic rings. The largest absolute Gasteiger partial charge is 0.356 e. The molecule has 0 saturated carbocycles. The predicted molar refractivity (Wildman–Crippen MR) is 65.3 cm³/mol. The molecular formula is C11H23ClN2O. The van der Waals surface area contributed by atoms with Crippen LogP contribution < -0.4 is 5.32 Å². The molecule has 1 unspecified atom stereocenters. The first-order chi connectivity index (χ1) is 7.15. The Morgan fingerprint density at radius 1 is 1.40 bits per heavy atom. The van der Waals surface area contributed by atoms with Crippen molar-refractivity contribution in [1.29, 1.82) is 0 Å². The van der Waals surface area contributed by atoms with Crippen molar-refractivity contribution in [2.45, 2.75) is 27.2 Å². The zero-order valence-corrected chi connectivity index (χ0v) is 10.8. The number of alkyl halides is 1. The van der Waals surface area contributed by atoms with E-state index in [0.717, 1.165) is 32.6 Å². The molecule has 3 nitrogen and oxygen atoms in total. The molecule has 0 bridgehead atoms. The van der Waals surface area contributed by atoms with E-state index in [4.69, 9.17) is 11.6 Å². The minimum absolute atomic E-state index is 0.0598. The summed E-state index contributed by atoms with van der Waals surface area (Å²) in [7, 11) is 0. The van der Waals surface area contributed by atoms with Crippen LogP contribution in [0.4, 0.5) is 0 Å². The van der Waals surface area contributed by atoms with Gasteiger partial charge in [0.25, 0.3) is 0 Å². The zero-order valence-electron chi connectivity index (χ0n) is 10.1. The van der Waals surface area contributed by atoms with Gasteiger partial charge in [-0.05, 0) is 26.1 Å². The SMILES string of the molecule is CCN(CC)CCCNC(=O)C(C)CCl. The Labute approximate surface area is 98.2 Å². The van der Waals surface area contributed by atoms with Gasteiger partial charge in [-0.3, -0.25) is 4.79 Å². The summed E-state index contributed by atoms with van der Waals surface area (Å²) in [6.07, 6.45) is 1.00. The number of rotatable bonds is 8. The van der Waals surface area contributed by atoms with E-state index in [1.807, 2.05) is 6.92 Å². The summed E-state index contributed by atoms with van der Waals surface area (Å²) in [6.45, 7) is 10.1. The van der Waals surface area contributed by atoms with Gasteiger partial charge >= 0.3 is 0 Å². The van der Waals surface area contributed by atoms with E-state index >= 15 is 0 Å². The zero-order chi connectivity index (χ0) is 11.7. The monoisotopic (exact) mass is 234 g/mol. The lowest BCUT2D eigenvalue weighted by Crippen LogP contribution is -2.33. The van der Waals surface area contributed by atoms with Gasteiger partial charge in [0.2, 0.25) is 5.91 Å². The van der Waals surface area contributed by atoms with E-state index in [-0.39, 0.29) is 11.8 Å². The van der Waals surface area contributed by atoms with Gasteiger partial charge in [-0.15, -0.1) is 11.6 Å². The molecule has 0 aromatic carbocycles. The van der Waals surface area contributed by atoms with Crippen LogP contribution in [-0.4, -0.2) is 42.9 Å². The molecule has 0 radical (unpaired) electrons. The third kappa shape index (κ3) is 6.74. The van der Waals surface area contributed by atoms with E-state index in [0.29, 0.717) is 5.88 Å². The number of nitrogens with one attached hydrogen (secondary N) is 1. The van der Waals surface area contributed by atoms with Crippen LogP contribution >= 0.6 is 11.6 Å². The van der Waals surface area contributed by atoms with Crippen LogP contribution in [0.15, 0.2) is 0 Å². The summed E-state index contributed by atoms with van der Waals surface area (Å²) < 4.78 is 0. The summed E-state index contributed by atoms with van der Waals surface area (Å²) in [6, 6.07) is 0. The molecule has 0 spiro atoms. The van der Waals surface area contributed by atoms with Crippen molar-refractivity contribution in [2.75, 3.05) is 32.1 Å². The fourth-order valence-corrected chi connectivity index (χ4v) is 1.44. The topological polar surface area (TPSA) is 32.3 Å². The van der Waals surface area contributed by atoms with Crippen LogP contribution in [0.25, 0.3) is 0 Å². The molecule has 0 aliphatic heterocycles. The molecule has 0 rings (SSSR count). The number of carbonyl (C=O) groups is 1. The Hall–Kier alpha value is -0.280. The Bertz CT molecular complexity index is 172. The first-order valence-corrected chi connectivity index (χ1v) is 6.25. The van der Waals surface area contributed by atoms with Crippen molar-refractivity contribution in [3.8, 4) is 0 Å². The lowest BCUT2D eigenvalue weighted by atomic mass is 10.2. The van der Waals surface area contributed by atoms with E-state index in [1.54, 1.807) is 0 Å². The summed E-state index contributed by atoms with van der Waals surface area (Å²) in [5.74, 6) is 0.367. The van der Waals surface area contributed by atoms with Crippen molar-refractivity contribution in [3.63, 3.8) is 0 Å². The maximum Gasteiger partial charge on any atom is 0.224 e. The van der Waals surface area contributed by atoms with E-state index in [9.17, 15) is 4.79 Å². The van der Waals surface area contributed by atoms with Gasteiger partial charge in [0.1, 0.15) is 0 Å².